The molecule has 0 aliphatic carbocycles. The molecule has 0 bridgehead atoms. The average Bonchev–Trinajstić information content (AvgIpc) is 3.07. The van der Waals surface area contributed by atoms with Gasteiger partial charge >= 0.3 is 0 Å². The highest BCUT2D eigenvalue weighted by Gasteiger charge is 2.15. The quantitative estimate of drug-likeness (QED) is 0.418. The molecule has 0 amide bonds. The second kappa shape index (κ2) is 7.03. The van der Waals surface area contributed by atoms with Crippen LogP contribution < -0.4 is 4.74 Å². The van der Waals surface area contributed by atoms with Gasteiger partial charge in [0.05, 0.1) is 12.8 Å². The molecule has 2 aromatic carbocycles. The van der Waals surface area contributed by atoms with Crippen LogP contribution in [0.2, 0.25) is 0 Å². The summed E-state index contributed by atoms with van der Waals surface area (Å²) in [7, 11) is 1.64. The van der Waals surface area contributed by atoms with E-state index in [1.165, 1.54) is 5.56 Å². The van der Waals surface area contributed by atoms with Crippen molar-refractivity contribution in [3.05, 3.63) is 78.0 Å². The van der Waals surface area contributed by atoms with E-state index in [1.54, 1.807) is 7.11 Å². The first-order valence-corrected chi connectivity index (χ1v) is 8.76. The zero-order valence-electron chi connectivity index (χ0n) is 15.5. The van der Waals surface area contributed by atoms with Gasteiger partial charge in [-0.05, 0) is 37.6 Å². The van der Waals surface area contributed by atoms with Gasteiger partial charge in [-0.1, -0.05) is 42.0 Å². The topological polar surface area (TPSA) is 51.2 Å². The molecule has 0 saturated carbocycles. The number of methoxy groups -OCH3 is 1. The molecule has 0 saturated heterocycles. The van der Waals surface area contributed by atoms with Gasteiger partial charge in [-0.15, -0.1) is 10.2 Å². The number of hydrogen-bond acceptors (Lipinski definition) is 4. The maximum absolute atomic E-state index is 5.26. The molecule has 0 aliphatic heterocycles. The summed E-state index contributed by atoms with van der Waals surface area (Å²) in [6.45, 7) is 4.12. The van der Waals surface area contributed by atoms with Gasteiger partial charge in [0.15, 0.2) is 5.82 Å². The molecule has 5 heteroatoms. The highest BCUT2D eigenvalue weighted by Crippen LogP contribution is 2.33. The molecule has 0 atom stereocenters. The Hall–Kier alpha value is -3.47. The Bertz CT molecular complexity index is 1130. The number of aromatic nitrogens is 2. The van der Waals surface area contributed by atoms with Crippen molar-refractivity contribution in [3.63, 3.8) is 0 Å². The second-order valence-corrected chi connectivity index (χ2v) is 6.44. The van der Waals surface area contributed by atoms with Crippen molar-refractivity contribution in [1.82, 2.24) is 9.38 Å². The molecule has 2 heterocycles. The third-order valence-corrected chi connectivity index (χ3v) is 4.46. The zero-order valence-corrected chi connectivity index (χ0v) is 15.5. The van der Waals surface area contributed by atoms with E-state index in [-0.39, 0.29) is 0 Å². The Balaban J connectivity index is 1.87. The number of nitrogens with zero attached hydrogens (tertiary/aromatic N) is 4. The van der Waals surface area contributed by atoms with Gasteiger partial charge in [-0.25, -0.2) is 4.98 Å². The van der Waals surface area contributed by atoms with Crippen molar-refractivity contribution in [1.29, 1.82) is 0 Å². The number of azo groups is 1. The molecule has 0 unspecified atom stereocenters. The van der Waals surface area contributed by atoms with E-state index < -0.39 is 0 Å². The Labute approximate surface area is 158 Å². The number of ether oxygens (including phenoxy) is 1. The van der Waals surface area contributed by atoms with Gasteiger partial charge in [-0.2, -0.15) is 0 Å². The molecular formula is C22H20N4O. The summed E-state index contributed by atoms with van der Waals surface area (Å²) in [6.07, 6.45) is 1.97. The molecule has 0 N–H and O–H groups in total. The van der Waals surface area contributed by atoms with Crippen LogP contribution >= 0.6 is 0 Å². The fraction of sp³-hybridized carbons (Fsp3) is 0.136. The lowest BCUT2D eigenvalue weighted by atomic mass is 10.1. The van der Waals surface area contributed by atoms with Crippen LogP contribution in [0, 0.1) is 13.8 Å². The number of benzene rings is 2. The molecule has 0 spiro atoms. The summed E-state index contributed by atoms with van der Waals surface area (Å²) < 4.78 is 7.24. The normalized spacial score (nSPS) is 11.4. The number of pyridine rings is 1. The third kappa shape index (κ3) is 3.31. The minimum absolute atomic E-state index is 0.709. The van der Waals surface area contributed by atoms with E-state index in [9.17, 15) is 0 Å². The fourth-order valence-corrected chi connectivity index (χ4v) is 2.97. The zero-order chi connectivity index (χ0) is 18.8. The first-order chi connectivity index (χ1) is 13.2. The van der Waals surface area contributed by atoms with Crippen LogP contribution in [-0.2, 0) is 0 Å². The Kier molecular flexibility index (Phi) is 4.42. The SMILES string of the molecule is COc1cccc(N=Nc2c(-c3ccc(C)cc3)nc3c(C)cccn23)c1. The van der Waals surface area contributed by atoms with Crippen molar-refractivity contribution in [2.75, 3.05) is 7.11 Å². The molecule has 0 radical (unpaired) electrons. The standard InChI is InChI=1S/C22H20N4O/c1-15-9-11-17(12-10-15)20-22(26-13-5-6-16(2)21(26)23-20)25-24-18-7-4-8-19(14-18)27-3/h4-14H,1-3H3. The van der Waals surface area contributed by atoms with Crippen LogP contribution in [0.5, 0.6) is 5.75 Å². The number of aryl methyl sites for hydroxylation is 2. The van der Waals surface area contributed by atoms with Crippen LogP contribution in [0.1, 0.15) is 11.1 Å². The Morgan fingerprint density at radius 2 is 1.74 bits per heavy atom. The number of hydrogen-bond donors (Lipinski definition) is 0. The van der Waals surface area contributed by atoms with E-state index in [0.717, 1.165) is 33.9 Å². The molecule has 4 aromatic rings. The fourth-order valence-electron chi connectivity index (χ4n) is 2.97. The maximum atomic E-state index is 5.26. The minimum atomic E-state index is 0.709. The van der Waals surface area contributed by atoms with E-state index >= 15 is 0 Å². The summed E-state index contributed by atoms with van der Waals surface area (Å²) in [5, 5.41) is 8.97. The lowest BCUT2D eigenvalue weighted by molar-refractivity contribution is 0.415. The monoisotopic (exact) mass is 356 g/mol. The predicted octanol–water partition coefficient (Wildman–Crippen LogP) is 6.04. The largest absolute Gasteiger partial charge is 0.497 e. The molecule has 0 fully saturated rings. The van der Waals surface area contributed by atoms with Crippen molar-refractivity contribution < 1.29 is 4.74 Å². The number of rotatable bonds is 4. The predicted molar refractivity (Wildman–Crippen MR) is 107 cm³/mol. The molecule has 5 nitrogen and oxygen atoms in total. The van der Waals surface area contributed by atoms with Gasteiger partial charge in [0, 0.05) is 17.8 Å². The highest BCUT2D eigenvalue weighted by atomic mass is 16.5. The maximum Gasteiger partial charge on any atom is 0.187 e. The van der Waals surface area contributed by atoms with Crippen molar-refractivity contribution in [3.8, 4) is 17.0 Å². The van der Waals surface area contributed by atoms with Crippen LogP contribution in [0.15, 0.2) is 77.1 Å². The lowest BCUT2D eigenvalue weighted by Crippen LogP contribution is -1.85. The molecule has 0 aliphatic rings. The average molecular weight is 356 g/mol. The molecule has 4 rings (SSSR count). The second-order valence-electron chi connectivity index (χ2n) is 6.44. The van der Waals surface area contributed by atoms with E-state index in [2.05, 4.69) is 41.4 Å². The number of imidazole rings is 1. The molecule has 2 aromatic heterocycles. The summed E-state index contributed by atoms with van der Waals surface area (Å²) >= 11 is 0. The summed E-state index contributed by atoms with van der Waals surface area (Å²) in [5.41, 5.74) is 5.74. The summed E-state index contributed by atoms with van der Waals surface area (Å²) in [6, 6.07) is 19.9. The summed E-state index contributed by atoms with van der Waals surface area (Å²) in [4.78, 5) is 4.84. The van der Waals surface area contributed by atoms with E-state index in [0.29, 0.717) is 5.82 Å². The van der Waals surface area contributed by atoms with Crippen molar-refractivity contribution >= 4 is 17.2 Å². The van der Waals surface area contributed by atoms with Gasteiger partial charge < -0.3 is 4.74 Å². The third-order valence-electron chi connectivity index (χ3n) is 4.46. The summed E-state index contributed by atoms with van der Waals surface area (Å²) in [5.74, 6) is 1.46. The van der Waals surface area contributed by atoms with Crippen molar-refractivity contribution in [2.45, 2.75) is 13.8 Å². The van der Waals surface area contributed by atoms with Gasteiger partial charge in [0.2, 0.25) is 0 Å². The van der Waals surface area contributed by atoms with Gasteiger partial charge in [0.1, 0.15) is 17.1 Å². The smallest absolute Gasteiger partial charge is 0.187 e. The van der Waals surface area contributed by atoms with Crippen LogP contribution in [-0.4, -0.2) is 16.5 Å². The van der Waals surface area contributed by atoms with Crippen LogP contribution in [0.4, 0.5) is 11.5 Å². The molecular weight excluding hydrogens is 336 g/mol. The van der Waals surface area contributed by atoms with Crippen LogP contribution in [0.3, 0.4) is 0 Å². The highest BCUT2D eigenvalue weighted by molar-refractivity contribution is 5.75. The first kappa shape index (κ1) is 17.0. The van der Waals surface area contributed by atoms with Gasteiger partial charge in [0.25, 0.3) is 0 Å². The van der Waals surface area contributed by atoms with E-state index in [1.807, 2.05) is 53.9 Å². The molecule has 134 valence electrons. The van der Waals surface area contributed by atoms with Gasteiger partial charge in [-0.3, -0.25) is 4.40 Å². The lowest BCUT2D eigenvalue weighted by Gasteiger charge is -2.02. The van der Waals surface area contributed by atoms with Crippen LogP contribution in [0.25, 0.3) is 16.9 Å². The number of fused-ring (bicyclic) bond motifs is 1. The Morgan fingerprint density at radius 3 is 2.52 bits per heavy atom. The first-order valence-electron chi connectivity index (χ1n) is 8.76. The minimum Gasteiger partial charge on any atom is -0.497 e. The van der Waals surface area contributed by atoms with Crippen molar-refractivity contribution in [2.24, 2.45) is 10.2 Å². The van der Waals surface area contributed by atoms with E-state index in [4.69, 9.17) is 9.72 Å². The molecule has 27 heavy (non-hydrogen) atoms. The Morgan fingerprint density at radius 1 is 0.926 bits per heavy atom.